The van der Waals surface area contributed by atoms with E-state index in [1.807, 2.05) is 29.2 Å². The number of aromatic nitrogens is 2. The second-order valence-corrected chi connectivity index (χ2v) is 11.1. The van der Waals surface area contributed by atoms with Gasteiger partial charge >= 0.3 is 11.7 Å². The first kappa shape index (κ1) is 29.4. The second kappa shape index (κ2) is 12.4. The van der Waals surface area contributed by atoms with Crippen LogP contribution in [0.1, 0.15) is 31.4 Å². The standard InChI is InChI=1S/C30H34ClN5O6/c1-19(18-42-2)36-28(39)23(22-7-5-9-25(37)27(22)31)16-34(30(36)41)17-26(38)33-13-11-21(12-14-33)35-15-10-20-6-3-4-8-24(20)32-29(35)40/h3-9,16,19,21,37H,10-15,17-18H2,1-2H3,(H,32,40)/t19-/m0/s1. The Labute approximate surface area is 247 Å². The maximum atomic E-state index is 13.4. The number of carbonyl (C=O) groups excluding carboxylic acids is 2. The molecule has 11 nitrogen and oxygen atoms in total. The van der Waals surface area contributed by atoms with Gasteiger partial charge in [-0.3, -0.25) is 18.7 Å². The Morgan fingerprint density at radius 3 is 2.55 bits per heavy atom. The Kier molecular flexibility index (Phi) is 8.69. The highest BCUT2D eigenvalue weighted by atomic mass is 35.5. The summed E-state index contributed by atoms with van der Waals surface area (Å²) >= 11 is 6.32. The van der Waals surface area contributed by atoms with Gasteiger partial charge in [-0.1, -0.05) is 41.9 Å². The summed E-state index contributed by atoms with van der Waals surface area (Å²) in [6.45, 7) is 2.95. The number of urea groups is 1. The van der Waals surface area contributed by atoms with Gasteiger partial charge in [-0.2, -0.15) is 0 Å². The minimum absolute atomic E-state index is 0.0117. The van der Waals surface area contributed by atoms with E-state index in [4.69, 9.17) is 16.3 Å². The summed E-state index contributed by atoms with van der Waals surface area (Å²) in [5.41, 5.74) is 1.01. The van der Waals surface area contributed by atoms with Gasteiger partial charge in [-0.25, -0.2) is 9.59 Å². The van der Waals surface area contributed by atoms with E-state index >= 15 is 0 Å². The SMILES string of the molecule is COC[C@H](C)n1c(=O)c(-c2cccc(O)c2Cl)cn(CC(=O)N2CCC(N3CCc4ccccc4NC3=O)CC2)c1=O. The molecule has 3 aromatic rings. The van der Waals surface area contributed by atoms with Crippen LogP contribution < -0.4 is 16.6 Å². The number of likely N-dealkylation sites (tertiary alicyclic amines) is 1. The van der Waals surface area contributed by atoms with Crippen LogP contribution in [0.2, 0.25) is 5.02 Å². The summed E-state index contributed by atoms with van der Waals surface area (Å²) in [6, 6.07) is 11.5. The average Bonchev–Trinajstić information content (AvgIpc) is 3.14. The number of para-hydroxylation sites is 1. The van der Waals surface area contributed by atoms with E-state index in [0.29, 0.717) is 32.5 Å². The number of carbonyl (C=O) groups is 2. The van der Waals surface area contributed by atoms with Crippen LogP contribution in [-0.4, -0.2) is 75.4 Å². The number of benzene rings is 2. The molecule has 0 saturated carbocycles. The third kappa shape index (κ3) is 5.79. The normalized spacial score (nSPS) is 16.5. The molecule has 0 spiro atoms. The highest BCUT2D eigenvalue weighted by Crippen LogP contribution is 2.33. The third-order valence-electron chi connectivity index (χ3n) is 8.01. The number of halogens is 1. The first-order valence-electron chi connectivity index (χ1n) is 14.0. The summed E-state index contributed by atoms with van der Waals surface area (Å²) < 4.78 is 7.44. The molecule has 0 bridgehead atoms. The Balaban J connectivity index is 1.34. The molecule has 1 atom stereocenters. The molecule has 42 heavy (non-hydrogen) atoms. The number of fused-ring (bicyclic) bond motifs is 1. The van der Waals surface area contributed by atoms with E-state index in [0.717, 1.165) is 22.2 Å². The van der Waals surface area contributed by atoms with E-state index in [-0.39, 0.29) is 53.0 Å². The zero-order valence-electron chi connectivity index (χ0n) is 23.6. The Bertz CT molecular complexity index is 1610. The fourth-order valence-corrected chi connectivity index (χ4v) is 5.99. The Hall–Kier alpha value is -4.09. The predicted octanol–water partition coefficient (Wildman–Crippen LogP) is 3.32. The number of phenols is 1. The lowest BCUT2D eigenvalue weighted by molar-refractivity contribution is -0.133. The number of nitrogens with zero attached hydrogens (tertiary/aromatic N) is 4. The van der Waals surface area contributed by atoms with Gasteiger partial charge in [0.2, 0.25) is 5.91 Å². The number of methoxy groups -OCH3 is 1. The van der Waals surface area contributed by atoms with Crippen LogP contribution in [0.5, 0.6) is 5.75 Å². The second-order valence-electron chi connectivity index (χ2n) is 10.7. The molecule has 0 radical (unpaired) electrons. The van der Waals surface area contributed by atoms with Crippen molar-refractivity contribution in [2.45, 2.75) is 44.8 Å². The monoisotopic (exact) mass is 595 g/mol. The van der Waals surface area contributed by atoms with Gasteiger partial charge in [0, 0.05) is 50.2 Å². The van der Waals surface area contributed by atoms with Crippen molar-refractivity contribution >= 4 is 29.2 Å². The minimum Gasteiger partial charge on any atom is -0.506 e. The van der Waals surface area contributed by atoms with Gasteiger partial charge in [-0.15, -0.1) is 0 Å². The van der Waals surface area contributed by atoms with Gasteiger partial charge in [0.1, 0.15) is 12.3 Å². The van der Waals surface area contributed by atoms with Crippen molar-refractivity contribution in [1.29, 1.82) is 0 Å². The highest BCUT2D eigenvalue weighted by molar-refractivity contribution is 6.34. The number of hydrogen-bond acceptors (Lipinski definition) is 6. The molecule has 1 saturated heterocycles. The molecular formula is C30H34ClN5O6. The van der Waals surface area contributed by atoms with Crippen molar-refractivity contribution in [2.75, 3.05) is 38.7 Å². The fraction of sp³-hybridized carbons (Fsp3) is 0.400. The topological polar surface area (TPSA) is 126 Å². The van der Waals surface area contributed by atoms with Crippen molar-refractivity contribution in [1.82, 2.24) is 18.9 Å². The smallest absolute Gasteiger partial charge is 0.331 e. The van der Waals surface area contributed by atoms with Gasteiger partial charge in [0.25, 0.3) is 5.56 Å². The number of ether oxygens (including phenoxy) is 1. The Morgan fingerprint density at radius 2 is 1.81 bits per heavy atom. The summed E-state index contributed by atoms with van der Waals surface area (Å²) in [5, 5.41) is 13.1. The summed E-state index contributed by atoms with van der Waals surface area (Å²) in [7, 11) is 1.47. The van der Waals surface area contributed by atoms with Crippen molar-refractivity contribution in [3.8, 4) is 16.9 Å². The molecule has 1 aromatic heterocycles. The first-order valence-corrected chi connectivity index (χ1v) is 14.3. The van der Waals surface area contributed by atoms with Crippen LogP contribution in [0.15, 0.2) is 58.3 Å². The molecule has 12 heteroatoms. The molecule has 5 rings (SSSR count). The number of piperidine rings is 1. The van der Waals surface area contributed by atoms with E-state index in [9.17, 15) is 24.3 Å². The summed E-state index contributed by atoms with van der Waals surface area (Å²) in [5.74, 6) is -0.482. The number of rotatable bonds is 7. The number of nitrogens with one attached hydrogen (secondary N) is 1. The van der Waals surface area contributed by atoms with Crippen LogP contribution in [0.3, 0.4) is 0 Å². The van der Waals surface area contributed by atoms with Crippen LogP contribution >= 0.6 is 11.6 Å². The predicted molar refractivity (Wildman–Crippen MR) is 159 cm³/mol. The lowest BCUT2D eigenvalue weighted by Crippen LogP contribution is -2.51. The molecule has 2 aliphatic rings. The van der Waals surface area contributed by atoms with Crippen molar-refractivity contribution in [3.05, 3.63) is 80.1 Å². The molecule has 0 unspecified atom stereocenters. The number of amides is 3. The molecule has 3 amide bonds. The van der Waals surface area contributed by atoms with Crippen molar-refractivity contribution < 1.29 is 19.4 Å². The van der Waals surface area contributed by atoms with E-state index in [1.54, 1.807) is 24.0 Å². The molecule has 1 fully saturated rings. The number of phenolic OH excluding ortho intramolecular Hbond substituents is 1. The first-order chi connectivity index (χ1) is 20.2. The van der Waals surface area contributed by atoms with E-state index < -0.39 is 17.3 Å². The number of anilines is 1. The summed E-state index contributed by atoms with van der Waals surface area (Å²) in [6.07, 6.45) is 3.29. The molecule has 3 heterocycles. The largest absolute Gasteiger partial charge is 0.506 e. The molecule has 0 aliphatic carbocycles. The fourth-order valence-electron chi connectivity index (χ4n) is 5.76. The summed E-state index contributed by atoms with van der Waals surface area (Å²) in [4.78, 5) is 56.8. The number of aromatic hydroxyl groups is 1. The minimum atomic E-state index is -0.645. The van der Waals surface area contributed by atoms with Gasteiger partial charge in [0.05, 0.1) is 23.2 Å². The average molecular weight is 596 g/mol. The highest BCUT2D eigenvalue weighted by Gasteiger charge is 2.31. The van der Waals surface area contributed by atoms with Gasteiger partial charge < -0.3 is 25.0 Å². The van der Waals surface area contributed by atoms with E-state index in [2.05, 4.69) is 5.32 Å². The lowest BCUT2D eigenvalue weighted by Gasteiger charge is -2.38. The van der Waals surface area contributed by atoms with Crippen LogP contribution in [-0.2, 0) is 22.5 Å². The van der Waals surface area contributed by atoms with Gasteiger partial charge in [-0.05, 0) is 43.9 Å². The molecule has 2 aromatic carbocycles. The van der Waals surface area contributed by atoms with Crippen molar-refractivity contribution in [3.63, 3.8) is 0 Å². The maximum absolute atomic E-state index is 13.4. The number of hydrogen-bond donors (Lipinski definition) is 2. The maximum Gasteiger partial charge on any atom is 0.331 e. The zero-order valence-corrected chi connectivity index (χ0v) is 24.3. The molecule has 222 valence electrons. The molecule has 2 aliphatic heterocycles. The van der Waals surface area contributed by atoms with Crippen molar-refractivity contribution in [2.24, 2.45) is 0 Å². The van der Waals surface area contributed by atoms with Crippen LogP contribution in [0, 0.1) is 0 Å². The third-order valence-corrected chi connectivity index (χ3v) is 8.41. The van der Waals surface area contributed by atoms with Crippen LogP contribution in [0.25, 0.3) is 11.1 Å². The zero-order chi connectivity index (χ0) is 30.0. The van der Waals surface area contributed by atoms with Gasteiger partial charge in [0.15, 0.2) is 0 Å². The van der Waals surface area contributed by atoms with Crippen LogP contribution in [0.4, 0.5) is 10.5 Å². The molecule has 2 N–H and O–H groups in total. The molecular weight excluding hydrogens is 562 g/mol. The lowest BCUT2D eigenvalue weighted by atomic mass is 10.0. The van der Waals surface area contributed by atoms with E-state index in [1.165, 1.54) is 23.9 Å². The Morgan fingerprint density at radius 1 is 1.07 bits per heavy atom. The quantitative estimate of drug-likeness (QED) is 0.432.